The zero-order chi connectivity index (χ0) is 29.9. The molecule has 0 aliphatic carbocycles. The fraction of sp³-hybridized carbons (Fsp3) is 0.407. The maximum Gasteiger partial charge on any atom is 0.513 e. The number of aryl methyl sites for hydroxylation is 1. The molecule has 2 aliphatic heterocycles. The van der Waals surface area contributed by atoms with E-state index < -0.39 is 51.3 Å². The molecule has 2 aromatic heterocycles. The molecule has 2 N–H and O–H groups in total. The average molecular weight is 604 g/mol. The minimum Gasteiger partial charge on any atom is -0.477 e. The third-order valence-electron chi connectivity index (χ3n) is 7.73. The van der Waals surface area contributed by atoms with Crippen LogP contribution < -0.4 is 4.74 Å². The molecule has 4 atom stereocenters. The van der Waals surface area contributed by atoms with Crippen molar-refractivity contribution in [3.05, 3.63) is 52.9 Å². The number of amides is 1. The number of sulfone groups is 1. The van der Waals surface area contributed by atoms with Gasteiger partial charge in [-0.25, -0.2) is 23.0 Å². The number of benzene rings is 1. The Morgan fingerprint density at radius 3 is 2.61 bits per heavy atom. The smallest absolute Gasteiger partial charge is 0.477 e. The number of ether oxygens (including phenoxy) is 2. The first-order valence-electron chi connectivity index (χ1n) is 12.9. The van der Waals surface area contributed by atoms with E-state index in [2.05, 4.69) is 4.98 Å². The van der Waals surface area contributed by atoms with Crippen LogP contribution in [0.15, 0.2) is 47.5 Å². The molecule has 1 fully saturated rings. The van der Waals surface area contributed by atoms with Crippen LogP contribution in [-0.4, -0.2) is 76.0 Å². The van der Waals surface area contributed by atoms with Crippen molar-refractivity contribution >= 4 is 49.6 Å². The summed E-state index contributed by atoms with van der Waals surface area (Å²) in [4.78, 5) is 44.1. The van der Waals surface area contributed by atoms with Crippen molar-refractivity contribution in [2.45, 2.75) is 50.8 Å². The van der Waals surface area contributed by atoms with E-state index in [1.807, 2.05) is 19.1 Å². The lowest BCUT2D eigenvalue weighted by molar-refractivity contribution is -0.167. The van der Waals surface area contributed by atoms with Crippen LogP contribution in [0.1, 0.15) is 37.6 Å². The Balaban J connectivity index is 1.51. The van der Waals surface area contributed by atoms with Crippen molar-refractivity contribution in [3.8, 4) is 5.75 Å². The van der Waals surface area contributed by atoms with Crippen LogP contribution in [0.2, 0.25) is 0 Å². The van der Waals surface area contributed by atoms with E-state index in [1.165, 1.54) is 22.6 Å². The Morgan fingerprint density at radius 1 is 1.27 bits per heavy atom. The standard InChI is InChI=1S/C27H29N3O9S2/c1-5-15-8-6-7-9-16(15)39-26(35)38-11-10-27(3)19(17-12-29-13-28-22(24(29)40-17)41(4,36)37)20(25(33)34)30-21(27)18(14(2)31)23(30)32/h6-9,12-14,18,21,31H,5,10-11H2,1-4H3,(H,33,34)/t14-,18-,21-,27?/m1/s1. The number of nitrogens with zero attached hydrogens (tertiary/aromatic N) is 3. The van der Waals surface area contributed by atoms with Crippen molar-refractivity contribution in [1.29, 1.82) is 0 Å². The van der Waals surface area contributed by atoms with Gasteiger partial charge in [-0.1, -0.05) is 32.0 Å². The molecule has 12 nitrogen and oxygen atoms in total. The van der Waals surface area contributed by atoms with Gasteiger partial charge in [0.05, 0.1) is 29.5 Å². The number of rotatable bonds is 9. The van der Waals surface area contributed by atoms with Gasteiger partial charge in [0, 0.05) is 23.4 Å². The molecule has 41 heavy (non-hydrogen) atoms. The van der Waals surface area contributed by atoms with Gasteiger partial charge in [0.1, 0.15) is 22.6 Å². The topological polar surface area (TPSA) is 165 Å². The minimum absolute atomic E-state index is 0.0886. The van der Waals surface area contributed by atoms with E-state index >= 15 is 0 Å². The number of fused-ring (bicyclic) bond motifs is 2. The molecule has 0 bridgehead atoms. The number of aliphatic hydroxyl groups is 1. The summed E-state index contributed by atoms with van der Waals surface area (Å²) in [5, 5.41) is 20.5. The Morgan fingerprint density at radius 2 is 1.98 bits per heavy atom. The summed E-state index contributed by atoms with van der Waals surface area (Å²) in [6.45, 7) is 4.97. The summed E-state index contributed by atoms with van der Waals surface area (Å²) in [6, 6.07) is 6.32. The summed E-state index contributed by atoms with van der Waals surface area (Å²) in [5.74, 6) is -2.38. The third-order valence-corrected chi connectivity index (χ3v) is 9.99. The number of β-lactam (4-membered cyclic amide) rings is 1. The number of hydrogen-bond acceptors (Lipinski definition) is 10. The van der Waals surface area contributed by atoms with Crippen molar-refractivity contribution in [1.82, 2.24) is 14.3 Å². The molecule has 0 radical (unpaired) electrons. The normalized spacial score (nSPS) is 23.0. The van der Waals surface area contributed by atoms with Gasteiger partial charge < -0.3 is 24.6 Å². The lowest BCUT2D eigenvalue weighted by atomic mass is 9.66. The van der Waals surface area contributed by atoms with E-state index in [4.69, 9.17) is 9.47 Å². The van der Waals surface area contributed by atoms with E-state index in [0.29, 0.717) is 21.9 Å². The molecule has 5 rings (SSSR count). The Hall–Kier alpha value is -3.75. The molecule has 1 saturated heterocycles. The average Bonchev–Trinajstić information content (AvgIpc) is 3.52. The van der Waals surface area contributed by atoms with E-state index in [-0.39, 0.29) is 29.3 Å². The number of carboxylic acids is 1. The number of hydrogen-bond donors (Lipinski definition) is 2. The lowest BCUT2D eigenvalue weighted by Gasteiger charge is -2.50. The maximum absolute atomic E-state index is 13.1. The predicted molar refractivity (Wildman–Crippen MR) is 147 cm³/mol. The Labute approximate surface area is 239 Å². The molecule has 4 heterocycles. The quantitative estimate of drug-likeness (QED) is 0.211. The first-order valence-corrected chi connectivity index (χ1v) is 15.6. The molecule has 3 aromatic rings. The molecule has 1 amide bonds. The van der Waals surface area contributed by atoms with E-state index in [9.17, 15) is 33.0 Å². The number of carboxylic acid groups (broad SMARTS) is 1. The van der Waals surface area contributed by atoms with Crippen LogP contribution in [-0.2, 0) is 30.6 Å². The van der Waals surface area contributed by atoms with Gasteiger partial charge in [0.25, 0.3) is 0 Å². The number of imidazole rings is 1. The SMILES string of the molecule is CCc1ccccc1OC(=O)OCCC1(C)C(c2cn3cnc(S(C)(=O)=O)c3s2)=C(C(=O)O)N2C(=O)[C@H]([C@@H](C)O)[C@@H]21. The second-order valence-electron chi connectivity index (χ2n) is 10.4. The van der Waals surface area contributed by atoms with Crippen LogP contribution in [0.25, 0.3) is 10.4 Å². The molecule has 218 valence electrons. The number of thiazole rings is 1. The van der Waals surface area contributed by atoms with Gasteiger partial charge in [-0.15, -0.1) is 11.3 Å². The van der Waals surface area contributed by atoms with Gasteiger partial charge in [0.15, 0.2) is 14.9 Å². The van der Waals surface area contributed by atoms with Crippen molar-refractivity contribution in [3.63, 3.8) is 0 Å². The van der Waals surface area contributed by atoms with Gasteiger partial charge in [-0.05, 0) is 31.4 Å². The number of carbonyl (C=O) groups excluding carboxylic acids is 2. The third kappa shape index (κ3) is 4.69. The van der Waals surface area contributed by atoms with Crippen LogP contribution in [0, 0.1) is 11.3 Å². The van der Waals surface area contributed by atoms with Crippen LogP contribution in [0.3, 0.4) is 0 Å². The fourth-order valence-electron chi connectivity index (χ4n) is 5.84. The monoisotopic (exact) mass is 603 g/mol. The first-order chi connectivity index (χ1) is 19.3. The van der Waals surface area contributed by atoms with Crippen molar-refractivity contribution in [2.75, 3.05) is 12.9 Å². The second-order valence-corrected chi connectivity index (χ2v) is 13.4. The van der Waals surface area contributed by atoms with Gasteiger partial charge in [-0.2, -0.15) is 0 Å². The highest BCUT2D eigenvalue weighted by molar-refractivity contribution is 7.91. The van der Waals surface area contributed by atoms with E-state index in [0.717, 1.165) is 23.2 Å². The summed E-state index contributed by atoms with van der Waals surface area (Å²) in [5.41, 5.74) is -0.235. The zero-order valence-electron chi connectivity index (χ0n) is 22.7. The molecular formula is C27H29N3O9S2. The van der Waals surface area contributed by atoms with Gasteiger partial charge in [-0.3, -0.25) is 9.20 Å². The number of aromatic nitrogens is 2. The lowest BCUT2D eigenvalue weighted by Crippen LogP contribution is -2.66. The fourth-order valence-corrected chi connectivity index (χ4v) is 8.23. The number of para-hydroxylation sites is 1. The summed E-state index contributed by atoms with van der Waals surface area (Å²) in [7, 11) is -3.67. The Kier molecular flexibility index (Phi) is 7.20. The van der Waals surface area contributed by atoms with Crippen LogP contribution in [0.5, 0.6) is 5.75 Å². The summed E-state index contributed by atoms with van der Waals surface area (Å²) < 4.78 is 36.8. The molecule has 1 aromatic carbocycles. The van der Waals surface area contributed by atoms with Crippen LogP contribution >= 0.6 is 11.3 Å². The highest BCUT2D eigenvalue weighted by Crippen LogP contribution is 2.60. The highest BCUT2D eigenvalue weighted by Gasteiger charge is 2.66. The molecular weight excluding hydrogens is 574 g/mol. The summed E-state index contributed by atoms with van der Waals surface area (Å²) in [6.07, 6.45) is 2.67. The highest BCUT2D eigenvalue weighted by atomic mass is 32.2. The molecule has 0 saturated carbocycles. The number of aliphatic carboxylic acids is 1. The summed E-state index contributed by atoms with van der Waals surface area (Å²) >= 11 is 1.03. The van der Waals surface area contributed by atoms with Gasteiger partial charge >= 0.3 is 12.1 Å². The van der Waals surface area contributed by atoms with Gasteiger partial charge in [0.2, 0.25) is 5.91 Å². The first kappa shape index (κ1) is 28.8. The Bertz CT molecular complexity index is 1710. The molecule has 14 heteroatoms. The van der Waals surface area contributed by atoms with Crippen LogP contribution in [0.4, 0.5) is 4.79 Å². The van der Waals surface area contributed by atoms with Crippen molar-refractivity contribution in [2.24, 2.45) is 11.3 Å². The zero-order valence-corrected chi connectivity index (χ0v) is 24.4. The van der Waals surface area contributed by atoms with E-state index in [1.54, 1.807) is 25.3 Å². The predicted octanol–water partition coefficient (Wildman–Crippen LogP) is 2.99. The number of carbonyl (C=O) groups is 3. The molecule has 0 spiro atoms. The minimum atomic E-state index is -3.67. The molecule has 1 unspecified atom stereocenters. The maximum atomic E-state index is 13.1. The largest absolute Gasteiger partial charge is 0.513 e. The van der Waals surface area contributed by atoms with Crippen molar-refractivity contribution < 1.29 is 42.5 Å². The molecule has 2 aliphatic rings. The number of aliphatic hydroxyl groups excluding tert-OH is 1. The second kappa shape index (κ2) is 10.3.